The summed E-state index contributed by atoms with van der Waals surface area (Å²) in [5.74, 6) is -0.0667. The van der Waals surface area contributed by atoms with Crippen molar-refractivity contribution in [1.82, 2.24) is 4.57 Å². The molecule has 1 aromatic carbocycles. The number of carboxylic acids is 1. The lowest BCUT2D eigenvalue weighted by Crippen LogP contribution is -2.02. The van der Waals surface area contributed by atoms with Gasteiger partial charge in [-0.3, -0.25) is 0 Å². The third-order valence-electron chi connectivity index (χ3n) is 3.37. The molecule has 4 nitrogen and oxygen atoms in total. The lowest BCUT2D eigenvalue weighted by atomic mass is 10.1. The molecular formula is C16H19NO3. The van der Waals surface area contributed by atoms with Crippen molar-refractivity contribution < 1.29 is 14.6 Å². The predicted octanol–water partition coefficient (Wildman–Crippen LogP) is 3.58. The van der Waals surface area contributed by atoms with Gasteiger partial charge < -0.3 is 14.4 Å². The van der Waals surface area contributed by atoms with E-state index in [-0.39, 0.29) is 0 Å². The highest BCUT2D eigenvalue weighted by atomic mass is 16.5. The number of carboxylic acid groups (broad SMARTS) is 1. The Morgan fingerprint density at radius 1 is 1.25 bits per heavy atom. The highest BCUT2D eigenvalue weighted by Crippen LogP contribution is 2.27. The van der Waals surface area contributed by atoms with Gasteiger partial charge in [-0.1, -0.05) is 0 Å². The van der Waals surface area contributed by atoms with E-state index in [0.717, 1.165) is 29.2 Å². The fraction of sp³-hybridized carbons (Fsp3) is 0.312. The maximum absolute atomic E-state index is 11.2. The molecule has 2 aromatic rings. The van der Waals surface area contributed by atoms with Crippen LogP contribution in [-0.4, -0.2) is 22.2 Å². The zero-order valence-electron chi connectivity index (χ0n) is 12.0. The van der Waals surface area contributed by atoms with E-state index in [1.807, 2.05) is 49.6 Å². The van der Waals surface area contributed by atoms with Crippen molar-refractivity contribution in [2.75, 3.05) is 6.61 Å². The minimum atomic E-state index is -0.887. The van der Waals surface area contributed by atoms with Crippen LogP contribution in [0.15, 0.2) is 30.3 Å². The van der Waals surface area contributed by atoms with Crippen LogP contribution < -0.4 is 4.74 Å². The standard InChI is InChI=1S/C16H19NO3/c1-4-17-11(3)14(16(18)19)10-15(17)12-6-8-13(9-7-12)20-5-2/h6-10H,4-5H2,1-3H3,(H,18,19). The Bertz CT molecular complexity index is 611. The molecule has 1 heterocycles. The summed E-state index contributed by atoms with van der Waals surface area (Å²) >= 11 is 0. The van der Waals surface area contributed by atoms with Crippen molar-refractivity contribution in [2.24, 2.45) is 0 Å². The van der Waals surface area contributed by atoms with Crippen molar-refractivity contribution in [3.8, 4) is 17.0 Å². The zero-order valence-corrected chi connectivity index (χ0v) is 12.0. The van der Waals surface area contributed by atoms with Gasteiger partial charge in [0.1, 0.15) is 5.75 Å². The molecule has 0 aliphatic rings. The van der Waals surface area contributed by atoms with Crippen LogP contribution in [0.25, 0.3) is 11.3 Å². The van der Waals surface area contributed by atoms with Gasteiger partial charge >= 0.3 is 5.97 Å². The first-order chi connectivity index (χ1) is 9.58. The van der Waals surface area contributed by atoms with Crippen LogP contribution in [-0.2, 0) is 6.54 Å². The average molecular weight is 273 g/mol. The minimum absolute atomic E-state index is 0.357. The number of hydrogen-bond donors (Lipinski definition) is 1. The Morgan fingerprint density at radius 3 is 2.40 bits per heavy atom. The Labute approximate surface area is 118 Å². The van der Waals surface area contributed by atoms with Gasteiger partial charge in [0.15, 0.2) is 0 Å². The number of aromatic carboxylic acids is 1. The Morgan fingerprint density at radius 2 is 1.90 bits per heavy atom. The van der Waals surface area contributed by atoms with Gasteiger partial charge in [-0.25, -0.2) is 4.79 Å². The number of hydrogen-bond acceptors (Lipinski definition) is 2. The molecule has 1 aromatic heterocycles. The Kier molecular flexibility index (Phi) is 4.13. The van der Waals surface area contributed by atoms with E-state index < -0.39 is 5.97 Å². The summed E-state index contributed by atoms with van der Waals surface area (Å²) in [7, 11) is 0. The highest BCUT2D eigenvalue weighted by Gasteiger charge is 2.16. The summed E-state index contributed by atoms with van der Waals surface area (Å²) < 4.78 is 7.43. The molecule has 0 amide bonds. The number of carbonyl (C=O) groups is 1. The largest absolute Gasteiger partial charge is 0.494 e. The molecule has 0 aliphatic heterocycles. The van der Waals surface area contributed by atoms with Crippen molar-refractivity contribution >= 4 is 5.97 Å². The molecule has 0 atom stereocenters. The van der Waals surface area contributed by atoms with Gasteiger partial charge in [-0.15, -0.1) is 0 Å². The lowest BCUT2D eigenvalue weighted by molar-refractivity contribution is 0.0696. The van der Waals surface area contributed by atoms with Crippen LogP contribution in [0.1, 0.15) is 29.9 Å². The molecule has 0 fully saturated rings. The molecule has 2 rings (SSSR count). The number of nitrogens with zero attached hydrogens (tertiary/aromatic N) is 1. The molecular weight excluding hydrogens is 254 g/mol. The molecule has 0 saturated heterocycles. The average Bonchev–Trinajstić information content (AvgIpc) is 2.77. The van der Waals surface area contributed by atoms with Crippen molar-refractivity contribution in [3.63, 3.8) is 0 Å². The smallest absolute Gasteiger partial charge is 0.337 e. The zero-order chi connectivity index (χ0) is 14.7. The summed E-state index contributed by atoms with van der Waals surface area (Å²) in [5.41, 5.74) is 3.05. The van der Waals surface area contributed by atoms with E-state index in [9.17, 15) is 9.90 Å². The molecule has 0 radical (unpaired) electrons. The van der Waals surface area contributed by atoms with Crippen LogP contribution in [0.3, 0.4) is 0 Å². The van der Waals surface area contributed by atoms with E-state index in [1.54, 1.807) is 6.07 Å². The molecule has 1 N–H and O–H groups in total. The number of rotatable bonds is 5. The molecule has 0 unspecified atom stereocenters. The molecule has 0 aliphatic carbocycles. The molecule has 0 bridgehead atoms. The fourth-order valence-electron chi connectivity index (χ4n) is 2.40. The van der Waals surface area contributed by atoms with Gasteiger partial charge in [0.2, 0.25) is 0 Å². The summed E-state index contributed by atoms with van der Waals surface area (Å²) in [4.78, 5) is 11.2. The fourth-order valence-corrected chi connectivity index (χ4v) is 2.40. The highest BCUT2D eigenvalue weighted by molar-refractivity contribution is 5.91. The second-order valence-electron chi connectivity index (χ2n) is 4.54. The van der Waals surface area contributed by atoms with E-state index >= 15 is 0 Å². The molecule has 20 heavy (non-hydrogen) atoms. The third kappa shape index (κ3) is 2.54. The molecule has 4 heteroatoms. The molecule has 106 valence electrons. The molecule has 0 spiro atoms. The predicted molar refractivity (Wildman–Crippen MR) is 78.4 cm³/mol. The summed E-state index contributed by atoms with van der Waals surface area (Å²) in [6.07, 6.45) is 0. The third-order valence-corrected chi connectivity index (χ3v) is 3.37. The van der Waals surface area contributed by atoms with Crippen LogP contribution in [0.5, 0.6) is 5.75 Å². The summed E-state index contributed by atoms with van der Waals surface area (Å²) in [6, 6.07) is 9.45. The Hall–Kier alpha value is -2.23. The summed E-state index contributed by atoms with van der Waals surface area (Å²) in [5, 5.41) is 9.23. The monoisotopic (exact) mass is 273 g/mol. The van der Waals surface area contributed by atoms with E-state index in [0.29, 0.717) is 12.2 Å². The number of ether oxygens (including phenoxy) is 1. The van der Waals surface area contributed by atoms with Gasteiger partial charge in [0.25, 0.3) is 0 Å². The van der Waals surface area contributed by atoms with Gasteiger partial charge in [0.05, 0.1) is 12.2 Å². The van der Waals surface area contributed by atoms with Crippen LogP contribution in [0, 0.1) is 6.92 Å². The normalized spacial score (nSPS) is 10.6. The maximum Gasteiger partial charge on any atom is 0.337 e. The van der Waals surface area contributed by atoms with Gasteiger partial charge in [-0.2, -0.15) is 0 Å². The van der Waals surface area contributed by atoms with Crippen LogP contribution >= 0.6 is 0 Å². The minimum Gasteiger partial charge on any atom is -0.494 e. The lowest BCUT2D eigenvalue weighted by Gasteiger charge is -2.10. The van der Waals surface area contributed by atoms with Crippen molar-refractivity contribution in [3.05, 3.63) is 41.6 Å². The van der Waals surface area contributed by atoms with E-state index in [4.69, 9.17) is 4.74 Å². The van der Waals surface area contributed by atoms with Crippen molar-refractivity contribution in [2.45, 2.75) is 27.3 Å². The molecule has 0 saturated carbocycles. The van der Waals surface area contributed by atoms with E-state index in [2.05, 4.69) is 0 Å². The van der Waals surface area contributed by atoms with Crippen molar-refractivity contribution in [1.29, 1.82) is 0 Å². The quantitative estimate of drug-likeness (QED) is 0.905. The topological polar surface area (TPSA) is 51.5 Å². The first-order valence-electron chi connectivity index (χ1n) is 6.75. The number of aromatic nitrogens is 1. The van der Waals surface area contributed by atoms with Crippen LogP contribution in [0.2, 0.25) is 0 Å². The second-order valence-corrected chi connectivity index (χ2v) is 4.54. The number of benzene rings is 1. The van der Waals surface area contributed by atoms with Crippen LogP contribution in [0.4, 0.5) is 0 Å². The van der Waals surface area contributed by atoms with Gasteiger partial charge in [-0.05, 0) is 56.7 Å². The van der Waals surface area contributed by atoms with Gasteiger partial charge in [0, 0.05) is 17.9 Å². The SMILES string of the molecule is CCOc1ccc(-c2cc(C(=O)O)c(C)n2CC)cc1. The summed E-state index contributed by atoms with van der Waals surface area (Å²) in [6.45, 7) is 7.16. The second kappa shape index (κ2) is 5.82. The first kappa shape index (κ1) is 14.2. The Balaban J connectivity index is 2.46. The first-order valence-corrected chi connectivity index (χ1v) is 6.75. The van der Waals surface area contributed by atoms with E-state index in [1.165, 1.54) is 0 Å². The maximum atomic E-state index is 11.2.